The van der Waals surface area contributed by atoms with Gasteiger partial charge in [0.2, 0.25) is 0 Å². The van der Waals surface area contributed by atoms with Crippen LogP contribution in [0.4, 0.5) is 4.79 Å². The number of amides is 2. The molecule has 2 aliphatic rings. The highest BCUT2D eigenvalue weighted by molar-refractivity contribution is 5.83. The third-order valence-corrected chi connectivity index (χ3v) is 3.36. The molecule has 0 saturated heterocycles. The van der Waals surface area contributed by atoms with Crippen molar-refractivity contribution in [2.75, 3.05) is 6.54 Å². The molecule has 1 fully saturated rings. The van der Waals surface area contributed by atoms with Crippen molar-refractivity contribution in [1.29, 1.82) is 0 Å². The molecule has 0 aromatic carbocycles. The highest BCUT2D eigenvalue weighted by Gasteiger charge is 2.33. The maximum Gasteiger partial charge on any atom is 0.315 e. The van der Waals surface area contributed by atoms with Gasteiger partial charge in [0.05, 0.1) is 12.3 Å². The number of carbonyl (C=O) groups excluding carboxylic acids is 1. The average Bonchev–Trinajstić information content (AvgIpc) is 2.87. The number of oxime groups is 1. The zero-order valence-electron chi connectivity index (χ0n) is 10.6. The average molecular weight is 239 g/mol. The van der Waals surface area contributed by atoms with Gasteiger partial charge in [-0.3, -0.25) is 0 Å². The van der Waals surface area contributed by atoms with E-state index in [1.807, 2.05) is 13.8 Å². The van der Waals surface area contributed by atoms with Crippen LogP contribution in [-0.2, 0) is 4.84 Å². The molecule has 0 aromatic rings. The van der Waals surface area contributed by atoms with E-state index >= 15 is 0 Å². The predicted octanol–water partition coefficient (Wildman–Crippen LogP) is 1.78. The second kappa shape index (κ2) is 4.94. The molecule has 0 radical (unpaired) electrons. The molecule has 1 aliphatic heterocycles. The minimum atomic E-state index is -0.378. The van der Waals surface area contributed by atoms with Crippen LogP contribution in [0.3, 0.4) is 0 Å². The molecule has 0 aromatic heterocycles. The first-order valence-electron chi connectivity index (χ1n) is 6.33. The van der Waals surface area contributed by atoms with E-state index in [0.29, 0.717) is 12.6 Å². The maximum absolute atomic E-state index is 11.7. The largest absolute Gasteiger partial charge is 0.387 e. The van der Waals surface area contributed by atoms with E-state index in [1.54, 1.807) is 0 Å². The van der Waals surface area contributed by atoms with E-state index < -0.39 is 0 Å². The highest BCUT2D eigenvalue weighted by atomic mass is 16.7. The van der Waals surface area contributed by atoms with Crippen molar-refractivity contribution < 1.29 is 9.63 Å². The Labute approximate surface area is 102 Å². The first-order valence-corrected chi connectivity index (χ1v) is 6.33. The summed E-state index contributed by atoms with van der Waals surface area (Å²) < 4.78 is 0. The molecule has 1 heterocycles. The monoisotopic (exact) mass is 239 g/mol. The van der Waals surface area contributed by atoms with Crippen molar-refractivity contribution in [2.45, 2.75) is 57.6 Å². The Bertz CT molecular complexity index is 324. The minimum absolute atomic E-state index is 0.0914. The summed E-state index contributed by atoms with van der Waals surface area (Å²) in [6.45, 7) is 4.39. The van der Waals surface area contributed by atoms with Gasteiger partial charge in [-0.15, -0.1) is 0 Å². The summed E-state index contributed by atoms with van der Waals surface area (Å²) in [5, 5.41) is 9.77. The highest BCUT2D eigenvalue weighted by Crippen LogP contribution is 2.22. The molecule has 0 spiro atoms. The van der Waals surface area contributed by atoms with Crippen LogP contribution < -0.4 is 10.6 Å². The first kappa shape index (κ1) is 12.2. The Morgan fingerprint density at radius 1 is 1.53 bits per heavy atom. The lowest BCUT2D eigenvalue weighted by molar-refractivity contribution is -0.000435. The lowest BCUT2D eigenvalue weighted by Crippen LogP contribution is -2.47. The molecule has 5 nitrogen and oxygen atoms in total. The summed E-state index contributed by atoms with van der Waals surface area (Å²) in [6.07, 6.45) is 5.42. The van der Waals surface area contributed by atoms with Crippen LogP contribution in [0.2, 0.25) is 0 Å². The molecule has 2 N–H and O–H groups in total. The van der Waals surface area contributed by atoms with Crippen molar-refractivity contribution in [3.63, 3.8) is 0 Å². The fourth-order valence-electron chi connectivity index (χ4n) is 2.46. The standard InChI is InChI=1S/C12H21N3O2/c1-9-7-12(2,17-15-9)8-13-11(16)14-10-5-3-4-6-10/h10H,3-8H2,1-2H3,(H2,13,14,16). The third-order valence-electron chi connectivity index (χ3n) is 3.36. The topological polar surface area (TPSA) is 62.7 Å². The number of carbonyl (C=O) groups is 1. The zero-order chi connectivity index (χ0) is 12.3. The number of hydrogen-bond acceptors (Lipinski definition) is 3. The molecule has 17 heavy (non-hydrogen) atoms. The minimum Gasteiger partial charge on any atom is -0.387 e. The van der Waals surface area contributed by atoms with Crippen LogP contribution in [-0.4, -0.2) is 29.9 Å². The van der Waals surface area contributed by atoms with E-state index in [-0.39, 0.29) is 11.6 Å². The van der Waals surface area contributed by atoms with Gasteiger partial charge in [0.15, 0.2) is 5.60 Å². The van der Waals surface area contributed by atoms with Crippen molar-refractivity contribution in [3.8, 4) is 0 Å². The van der Waals surface area contributed by atoms with E-state index in [9.17, 15) is 4.79 Å². The van der Waals surface area contributed by atoms with Gasteiger partial charge in [-0.25, -0.2) is 4.79 Å². The summed E-state index contributed by atoms with van der Waals surface area (Å²) in [5.74, 6) is 0. The second-order valence-electron chi connectivity index (χ2n) is 5.35. The smallest absolute Gasteiger partial charge is 0.315 e. The predicted molar refractivity (Wildman–Crippen MR) is 66.0 cm³/mol. The SMILES string of the molecule is CC1=NOC(C)(CNC(=O)NC2CCCC2)C1. The Hall–Kier alpha value is -1.26. The van der Waals surface area contributed by atoms with Gasteiger partial charge >= 0.3 is 6.03 Å². The van der Waals surface area contributed by atoms with Gasteiger partial charge in [0.25, 0.3) is 0 Å². The molecule has 96 valence electrons. The van der Waals surface area contributed by atoms with Crippen molar-refractivity contribution in [1.82, 2.24) is 10.6 Å². The van der Waals surface area contributed by atoms with Gasteiger partial charge in [-0.05, 0) is 26.7 Å². The molecular weight excluding hydrogens is 218 g/mol. The summed E-state index contributed by atoms with van der Waals surface area (Å²) in [5.41, 5.74) is 0.599. The van der Waals surface area contributed by atoms with Gasteiger partial charge in [-0.1, -0.05) is 18.0 Å². The van der Waals surface area contributed by atoms with Crippen molar-refractivity contribution in [2.24, 2.45) is 5.16 Å². The van der Waals surface area contributed by atoms with Gasteiger partial charge in [0, 0.05) is 12.5 Å². The van der Waals surface area contributed by atoms with Crippen LogP contribution in [0.1, 0.15) is 46.0 Å². The quantitative estimate of drug-likeness (QED) is 0.788. The molecule has 1 aliphatic carbocycles. The van der Waals surface area contributed by atoms with Crippen LogP contribution in [0.15, 0.2) is 5.16 Å². The maximum atomic E-state index is 11.7. The summed E-state index contributed by atoms with van der Waals surface area (Å²) in [4.78, 5) is 17.0. The first-order chi connectivity index (χ1) is 8.07. The number of nitrogens with one attached hydrogen (secondary N) is 2. The zero-order valence-corrected chi connectivity index (χ0v) is 10.6. The Kier molecular flexibility index (Phi) is 3.54. The lowest BCUT2D eigenvalue weighted by atomic mass is 10.0. The molecule has 1 atom stereocenters. The van der Waals surface area contributed by atoms with Gasteiger partial charge in [0.1, 0.15) is 0 Å². The van der Waals surface area contributed by atoms with Crippen LogP contribution >= 0.6 is 0 Å². The molecular formula is C12H21N3O2. The van der Waals surface area contributed by atoms with Crippen LogP contribution in [0, 0.1) is 0 Å². The van der Waals surface area contributed by atoms with Crippen molar-refractivity contribution in [3.05, 3.63) is 0 Å². The van der Waals surface area contributed by atoms with E-state index in [4.69, 9.17) is 4.84 Å². The molecule has 1 unspecified atom stereocenters. The summed E-state index contributed by atoms with van der Waals surface area (Å²) in [7, 11) is 0. The Balaban J connectivity index is 1.69. The number of hydrogen-bond donors (Lipinski definition) is 2. The molecule has 0 bridgehead atoms. The fourth-order valence-corrected chi connectivity index (χ4v) is 2.46. The Morgan fingerprint density at radius 3 is 2.82 bits per heavy atom. The van der Waals surface area contributed by atoms with Gasteiger partial charge in [-0.2, -0.15) is 0 Å². The molecule has 5 heteroatoms. The molecule has 1 saturated carbocycles. The number of nitrogens with zero attached hydrogens (tertiary/aromatic N) is 1. The van der Waals surface area contributed by atoms with E-state index in [1.165, 1.54) is 12.8 Å². The summed E-state index contributed by atoms with van der Waals surface area (Å²) >= 11 is 0. The Morgan fingerprint density at radius 2 is 2.24 bits per heavy atom. The fraction of sp³-hybridized carbons (Fsp3) is 0.833. The van der Waals surface area contributed by atoms with E-state index in [0.717, 1.165) is 25.0 Å². The third kappa shape index (κ3) is 3.35. The number of urea groups is 1. The molecule has 2 rings (SSSR count). The van der Waals surface area contributed by atoms with Crippen molar-refractivity contribution >= 4 is 11.7 Å². The molecule has 2 amide bonds. The normalized spacial score (nSPS) is 28.7. The van der Waals surface area contributed by atoms with Crippen LogP contribution in [0.5, 0.6) is 0 Å². The van der Waals surface area contributed by atoms with Gasteiger partial charge < -0.3 is 15.5 Å². The number of rotatable bonds is 3. The van der Waals surface area contributed by atoms with Crippen LogP contribution in [0.25, 0.3) is 0 Å². The second-order valence-corrected chi connectivity index (χ2v) is 5.35. The summed E-state index contributed by atoms with van der Waals surface area (Å²) in [6, 6.07) is 0.261. The lowest BCUT2D eigenvalue weighted by Gasteiger charge is -2.22. The van der Waals surface area contributed by atoms with E-state index in [2.05, 4.69) is 15.8 Å².